The van der Waals surface area contributed by atoms with Crippen molar-refractivity contribution in [3.05, 3.63) is 24.0 Å². The number of nitrogens with one attached hydrogen (secondary N) is 1. The minimum Gasteiger partial charge on any atom is -0.505 e. The first-order valence-electron chi connectivity index (χ1n) is 7.93. The van der Waals surface area contributed by atoms with Crippen molar-refractivity contribution in [2.75, 3.05) is 46.9 Å². The number of pyridine rings is 1. The Labute approximate surface area is 141 Å². The molecule has 0 aromatic carbocycles. The highest BCUT2D eigenvalue weighted by atomic mass is 16.5. The Balaban J connectivity index is 1.81. The van der Waals surface area contributed by atoms with Gasteiger partial charge in [-0.1, -0.05) is 0 Å². The number of morpholine rings is 1. The van der Waals surface area contributed by atoms with Crippen LogP contribution in [0.5, 0.6) is 5.75 Å². The molecule has 0 radical (unpaired) electrons. The van der Waals surface area contributed by atoms with E-state index in [4.69, 9.17) is 4.74 Å². The Morgan fingerprint density at radius 2 is 2.29 bits per heavy atom. The summed E-state index contributed by atoms with van der Waals surface area (Å²) < 4.78 is 5.67. The number of carbonyl (C=O) groups is 2. The van der Waals surface area contributed by atoms with E-state index >= 15 is 0 Å². The monoisotopic (exact) mass is 336 g/mol. The standard InChI is InChI=1S/C16H24N4O4/c1-19(2)7-5-12-11-20(8-9-24-12)14(22)10-18-16(23)15-13(21)4-3-6-17-15/h3-4,6,12,21H,5,7-11H2,1-2H3,(H,18,23). The Morgan fingerprint density at radius 1 is 1.50 bits per heavy atom. The Bertz CT molecular complexity index is 579. The summed E-state index contributed by atoms with van der Waals surface area (Å²) in [6.07, 6.45) is 2.28. The predicted octanol–water partition coefficient (Wildman–Crippen LogP) is -0.304. The molecule has 1 aromatic rings. The zero-order valence-electron chi connectivity index (χ0n) is 14.1. The number of carbonyl (C=O) groups excluding carboxylic acids is 2. The second-order valence-electron chi connectivity index (χ2n) is 5.98. The molecule has 0 bridgehead atoms. The maximum absolute atomic E-state index is 12.3. The van der Waals surface area contributed by atoms with Gasteiger partial charge < -0.3 is 25.0 Å². The van der Waals surface area contributed by atoms with Crippen LogP contribution in [0.4, 0.5) is 0 Å². The minimum atomic E-state index is -0.570. The molecule has 1 fully saturated rings. The lowest BCUT2D eigenvalue weighted by molar-refractivity contribution is -0.137. The van der Waals surface area contributed by atoms with Gasteiger partial charge in [-0.25, -0.2) is 4.98 Å². The summed E-state index contributed by atoms with van der Waals surface area (Å²) in [7, 11) is 3.99. The fourth-order valence-corrected chi connectivity index (χ4v) is 2.45. The highest BCUT2D eigenvalue weighted by Crippen LogP contribution is 2.12. The van der Waals surface area contributed by atoms with Crippen molar-refractivity contribution >= 4 is 11.8 Å². The second-order valence-corrected chi connectivity index (χ2v) is 5.98. The van der Waals surface area contributed by atoms with E-state index in [1.807, 2.05) is 14.1 Å². The number of nitrogens with zero attached hydrogens (tertiary/aromatic N) is 3. The van der Waals surface area contributed by atoms with Crippen LogP contribution in [0, 0.1) is 0 Å². The Kier molecular flexibility index (Phi) is 6.51. The van der Waals surface area contributed by atoms with Gasteiger partial charge in [0.1, 0.15) is 5.75 Å². The van der Waals surface area contributed by atoms with Gasteiger partial charge in [-0.15, -0.1) is 0 Å². The molecular formula is C16H24N4O4. The second kappa shape index (κ2) is 8.60. The first kappa shape index (κ1) is 18.2. The molecule has 1 saturated heterocycles. The lowest BCUT2D eigenvalue weighted by atomic mass is 10.2. The van der Waals surface area contributed by atoms with Crippen LogP contribution in [0.1, 0.15) is 16.9 Å². The van der Waals surface area contributed by atoms with Crippen LogP contribution in [-0.4, -0.2) is 84.7 Å². The average molecular weight is 336 g/mol. The normalized spacial score (nSPS) is 17.8. The molecule has 0 saturated carbocycles. The largest absolute Gasteiger partial charge is 0.505 e. The van der Waals surface area contributed by atoms with Gasteiger partial charge in [0, 0.05) is 25.8 Å². The minimum absolute atomic E-state index is 0.0145. The number of aromatic nitrogens is 1. The number of aromatic hydroxyl groups is 1. The predicted molar refractivity (Wildman–Crippen MR) is 87.7 cm³/mol. The highest BCUT2D eigenvalue weighted by molar-refractivity contribution is 5.96. The molecule has 0 aliphatic carbocycles. The van der Waals surface area contributed by atoms with Gasteiger partial charge in [0.25, 0.3) is 5.91 Å². The average Bonchev–Trinajstić information content (AvgIpc) is 2.58. The SMILES string of the molecule is CN(C)CCC1CN(C(=O)CNC(=O)c2ncccc2O)CCO1. The van der Waals surface area contributed by atoms with Gasteiger partial charge >= 0.3 is 0 Å². The third kappa shape index (κ3) is 5.17. The van der Waals surface area contributed by atoms with E-state index in [0.29, 0.717) is 19.7 Å². The van der Waals surface area contributed by atoms with Crippen molar-refractivity contribution < 1.29 is 19.4 Å². The maximum Gasteiger partial charge on any atom is 0.274 e. The maximum atomic E-state index is 12.3. The zero-order chi connectivity index (χ0) is 17.5. The van der Waals surface area contributed by atoms with Gasteiger partial charge in [0.05, 0.1) is 19.3 Å². The van der Waals surface area contributed by atoms with Gasteiger partial charge in [0.15, 0.2) is 5.69 Å². The van der Waals surface area contributed by atoms with E-state index in [9.17, 15) is 14.7 Å². The zero-order valence-corrected chi connectivity index (χ0v) is 14.1. The molecule has 2 amide bonds. The molecule has 1 aromatic heterocycles. The van der Waals surface area contributed by atoms with Crippen LogP contribution in [0.2, 0.25) is 0 Å². The summed E-state index contributed by atoms with van der Waals surface area (Å²) in [5.41, 5.74) is -0.0869. The van der Waals surface area contributed by atoms with Crippen LogP contribution in [0.25, 0.3) is 0 Å². The molecule has 24 heavy (non-hydrogen) atoms. The number of amides is 2. The van der Waals surface area contributed by atoms with E-state index in [2.05, 4.69) is 15.2 Å². The summed E-state index contributed by atoms with van der Waals surface area (Å²) >= 11 is 0. The topological polar surface area (TPSA) is 95.0 Å². The van der Waals surface area contributed by atoms with Crippen molar-refractivity contribution in [2.45, 2.75) is 12.5 Å². The lowest BCUT2D eigenvalue weighted by Gasteiger charge is -2.33. The highest BCUT2D eigenvalue weighted by Gasteiger charge is 2.24. The molecule has 8 heteroatoms. The summed E-state index contributed by atoms with van der Waals surface area (Å²) in [5, 5.41) is 12.1. The van der Waals surface area contributed by atoms with Crippen LogP contribution < -0.4 is 5.32 Å². The molecule has 2 rings (SSSR count). The van der Waals surface area contributed by atoms with E-state index in [0.717, 1.165) is 13.0 Å². The summed E-state index contributed by atoms with van der Waals surface area (Å²) in [4.78, 5) is 31.8. The van der Waals surface area contributed by atoms with E-state index in [-0.39, 0.29) is 30.0 Å². The molecule has 1 aliphatic heterocycles. The summed E-state index contributed by atoms with van der Waals surface area (Å²) in [6, 6.07) is 2.90. The van der Waals surface area contributed by atoms with E-state index in [1.54, 1.807) is 4.90 Å². The van der Waals surface area contributed by atoms with Crippen molar-refractivity contribution in [2.24, 2.45) is 0 Å². The third-order valence-electron chi connectivity index (χ3n) is 3.79. The summed E-state index contributed by atoms with van der Waals surface area (Å²) in [5.74, 6) is -0.951. The number of hydrogen-bond donors (Lipinski definition) is 2. The smallest absolute Gasteiger partial charge is 0.274 e. The van der Waals surface area contributed by atoms with Crippen LogP contribution in [0.3, 0.4) is 0 Å². The quantitative estimate of drug-likeness (QED) is 0.740. The van der Waals surface area contributed by atoms with Gasteiger partial charge in [-0.2, -0.15) is 0 Å². The lowest BCUT2D eigenvalue weighted by Crippen LogP contribution is -2.49. The molecule has 2 heterocycles. The van der Waals surface area contributed by atoms with Crippen molar-refractivity contribution in [3.8, 4) is 5.75 Å². The first-order chi connectivity index (χ1) is 11.5. The molecule has 8 nitrogen and oxygen atoms in total. The van der Waals surface area contributed by atoms with Crippen molar-refractivity contribution in [3.63, 3.8) is 0 Å². The first-order valence-corrected chi connectivity index (χ1v) is 7.93. The fraction of sp³-hybridized carbons (Fsp3) is 0.562. The molecule has 1 unspecified atom stereocenters. The number of rotatable bonds is 6. The molecule has 2 N–H and O–H groups in total. The van der Waals surface area contributed by atoms with Crippen molar-refractivity contribution in [1.29, 1.82) is 0 Å². The van der Waals surface area contributed by atoms with Crippen LogP contribution in [0.15, 0.2) is 18.3 Å². The van der Waals surface area contributed by atoms with Crippen molar-refractivity contribution in [1.82, 2.24) is 20.1 Å². The molecular weight excluding hydrogens is 312 g/mol. The van der Waals surface area contributed by atoms with E-state index in [1.165, 1.54) is 18.3 Å². The number of hydrogen-bond acceptors (Lipinski definition) is 6. The summed E-state index contributed by atoms with van der Waals surface area (Å²) in [6.45, 7) is 2.30. The molecule has 132 valence electrons. The van der Waals surface area contributed by atoms with Crippen LogP contribution in [-0.2, 0) is 9.53 Å². The number of ether oxygens (including phenoxy) is 1. The van der Waals surface area contributed by atoms with Gasteiger partial charge in [-0.05, 0) is 32.6 Å². The molecule has 1 atom stereocenters. The van der Waals surface area contributed by atoms with Gasteiger partial charge in [-0.3, -0.25) is 9.59 Å². The molecule has 1 aliphatic rings. The Morgan fingerprint density at radius 3 is 3.00 bits per heavy atom. The Hall–Kier alpha value is -2.19. The third-order valence-corrected chi connectivity index (χ3v) is 3.79. The molecule has 0 spiro atoms. The van der Waals surface area contributed by atoms with Gasteiger partial charge in [0.2, 0.25) is 5.91 Å². The fourth-order valence-electron chi connectivity index (χ4n) is 2.45. The van der Waals surface area contributed by atoms with E-state index < -0.39 is 5.91 Å². The van der Waals surface area contributed by atoms with Crippen LogP contribution >= 0.6 is 0 Å².